The van der Waals surface area contributed by atoms with Gasteiger partial charge in [-0.15, -0.1) is 0 Å². The second-order valence-corrected chi connectivity index (χ2v) is 7.61. The van der Waals surface area contributed by atoms with Crippen molar-refractivity contribution in [1.82, 2.24) is 9.47 Å². The van der Waals surface area contributed by atoms with E-state index in [9.17, 15) is 9.18 Å². The van der Waals surface area contributed by atoms with E-state index >= 15 is 0 Å². The van der Waals surface area contributed by atoms with Crippen LogP contribution in [0.3, 0.4) is 0 Å². The van der Waals surface area contributed by atoms with Gasteiger partial charge in [-0.05, 0) is 49.1 Å². The van der Waals surface area contributed by atoms with Gasteiger partial charge in [0.05, 0.1) is 6.54 Å². The first-order chi connectivity index (χ1) is 14.1. The minimum Gasteiger partial charge on any atom is -0.385 e. The van der Waals surface area contributed by atoms with Crippen molar-refractivity contribution in [3.05, 3.63) is 59.7 Å². The van der Waals surface area contributed by atoms with Gasteiger partial charge in [0, 0.05) is 44.6 Å². The van der Waals surface area contributed by atoms with E-state index < -0.39 is 0 Å². The zero-order valence-corrected chi connectivity index (χ0v) is 18.1. The van der Waals surface area contributed by atoms with Gasteiger partial charge in [-0.25, -0.2) is 4.39 Å². The normalized spacial score (nSPS) is 12.1. The summed E-state index contributed by atoms with van der Waals surface area (Å²) in [5.41, 5.74) is 2.13. The topological polar surface area (TPSA) is 34.5 Å². The van der Waals surface area contributed by atoms with Crippen molar-refractivity contribution in [2.45, 2.75) is 59.0 Å². The molecule has 1 aromatic carbocycles. The van der Waals surface area contributed by atoms with Gasteiger partial charge in [0.2, 0.25) is 5.91 Å². The molecule has 160 valence electrons. The molecule has 1 unspecified atom stereocenters. The molecule has 0 N–H and O–H groups in total. The lowest BCUT2D eigenvalue weighted by molar-refractivity contribution is -0.136. The van der Waals surface area contributed by atoms with E-state index in [1.165, 1.54) is 12.1 Å². The summed E-state index contributed by atoms with van der Waals surface area (Å²) >= 11 is 0. The maximum Gasteiger partial charge on any atom is 0.226 e. The average molecular weight is 403 g/mol. The molecule has 5 heteroatoms. The number of rotatable bonds is 13. The highest BCUT2D eigenvalue weighted by atomic mass is 19.1. The predicted molar refractivity (Wildman–Crippen MR) is 115 cm³/mol. The van der Waals surface area contributed by atoms with Crippen LogP contribution in [0.15, 0.2) is 42.6 Å². The molecule has 0 spiro atoms. The van der Waals surface area contributed by atoms with Gasteiger partial charge in [-0.2, -0.15) is 0 Å². The lowest BCUT2D eigenvalue weighted by Crippen LogP contribution is -2.37. The summed E-state index contributed by atoms with van der Waals surface area (Å²) in [5, 5.41) is 0. The van der Waals surface area contributed by atoms with Crippen LogP contribution in [0, 0.1) is 11.7 Å². The second-order valence-electron chi connectivity index (χ2n) is 7.61. The third-order valence-corrected chi connectivity index (χ3v) is 5.38. The molecule has 0 aliphatic rings. The Morgan fingerprint density at radius 3 is 2.59 bits per heavy atom. The molecule has 0 radical (unpaired) electrons. The Balaban J connectivity index is 2.12. The average Bonchev–Trinajstić information content (AvgIpc) is 3.16. The molecule has 2 rings (SSSR count). The highest BCUT2D eigenvalue weighted by Gasteiger charge is 2.23. The molecule has 2 aromatic rings. The van der Waals surface area contributed by atoms with Crippen molar-refractivity contribution < 1.29 is 13.9 Å². The number of methoxy groups -OCH3 is 1. The Hall–Kier alpha value is -2.14. The smallest absolute Gasteiger partial charge is 0.226 e. The van der Waals surface area contributed by atoms with Crippen molar-refractivity contribution in [2.75, 3.05) is 20.3 Å². The van der Waals surface area contributed by atoms with Gasteiger partial charge in [0.1, 0.15) is 5.82 Å². The van der Waals surface area contributed by atoms with Gasteiger partial charge in [0.15, 0.2) is 0 Å². The number of halogens is 1. The van der Waals surface area contributed by atoms with Gasteiger partial charge in [0.25, 0.3) is 0 Å². The largest absolute Gasteiger partial charge is 0.385 e. The van der Waals surface area contributed by atoms with Gasteiger partial charge < -0.3 is 14.2 Å². The summed E-state index contributed by atoms with van der Waals surface area (Å²) in [6, 6.07) is 10.6. The number of carbonyl (C=O) groups is 1. The fourth-order valence-electron chi connectivity index (χ4n) is 3.61. The zero-order chi connectivity index (χ0) is 21.1. The van der Waals surface area contributed by atoms with Crippen molar-refractivity contribution in [3.63, 3.8) is 0 Å². The van der Waals surface area contributed by atoms with E-state index in [-0.39, 0.29) is 17.6 Å². The molecule has 4 nitrogen and oxygen atoms in total. The first-order valence-corrected chi connectivity index (χ1v) is 10.7. The van der Waals surface area contributed by atoms with Crippen LogP contribution in [0.2, 0.25) is 0 Å². The molecule has 1 amide bonds. The lowest BCUT2D eigenvalue weighted by Gasteiger charge is -2.28. The first-order valence-electron chi connectivity index (χ1n) is 10.7. The number of carbonyl (C=O) groups excluding carboxylic acids is 1. The monoisotopic (exact) mass is 402 g/mol. The standard InChI is InChI=1S/C24H35FN2O2/c1-4-6-9-21(5-2)24(28)27(16-8-17-29-3)19-23-10-7-15-26(23)18-20-11-13-22(25)14-12-20/h7,10-15,21H,4-6,8-9,16-19H2,1-3H3. The summed E-state index contributed by atoms with van der Waals surface area (Å²) in [6.07, 6.45) is 6.85. The van der Waals surface area contributed by atoms with Crippen LogP contribution in [-0.2, 0) is 22.6 Å². The SMILES string of the molecule is CCCCC(CC)C(=O)N(CCCOC)Cc1cccn1Cc1ccc(F)cc1. The number of hydrogen-bond acceptors (Lipinski definition) is 2. The lowest BCUT2D eigenvalue weighted by atomic mass is 9.97. The Morgan fingerprint density at radius 2 is 1.93 bits per heavy atom. The highest BCUT2D eigenvalue weighted by molar-refractivity contribution is 5.78. The number of amides is 1. The molecule has 1 aromatic heterocycles. The first kappa shape index (κ1) is 23.1. The molecule has 29 heavy (non-hydrogen) atoms. The summed E-state index contributed by atoms with van der Waals surface area (Å²) in [6.45, 7) is 6.84. The maximum atomic E-state index is 13.2. The van der Waals surface area contributed by atoms with E-state index in [4.69, 9.17) is 4.74 Å². The van der Waals surface area contributed by atoms with Crippen LogP contribution in [0.4, 0.5) is 4.39 Å². The van der Waals surface area contributed by atoms with Gasteiger partial charge >= 0.3 is 0 Å². The van der Waals surface area contributed by atoms with Gasteiger partial charge in [-0.1, -0.05) is 38.8 Å². The van der Waals surface area contributed by atoms with Crippen LogP contribution >= 0.6 is 0 Å². The Labute approximate surface area is 174 Å². The predicted octanol–water partition coefficient (Wildman–Crippen LogP) is 5.26. The van der Waals surface area contributed by atoms with Crippen molar-refractivity contribution in [1.29, 1.82) is 0 Å². The fourth-order valence-corrected chi connectivity index (χ4v) is 3.61. The number of hydrogen-bond donors (Lipinski definition) is 0. The molecule has 0 saturated heterocycles. The molecule has 0 aliphatic carbocycles. The summed E-state index contributed by atoms with van der Waals surface area (Å²) in [4.78, 5) is 15.2. The highest BCUT2D eigenvalue weighted by Crippen LogP contribution is 2.19. The van der Waals surface area contributed by atoms with Crippen LogP contribution < -0.4 is 0 Å². The number of aromatic nitrogens is 1. The van der Waals surface area contributed by atoms with Crippen LogP contribution in [0.5, 0.6) is 0 Å². The summed E-state index contributed by atoms with van der Waals surface area (Å²) in [7, 11) is 1.69. The van der Waals surface area contributed by atoms with E-state index in [0.29, 0.717) is 26.2 Å². The quantitative estimate of drug-likeness (QED) is 0.429. The van der Waals surface area contributed by atoms with E-state index in [0.717, 1.165) is 43.4 Å². The zero-order valence-electron chi connectivity index (χ0n) is 18.1. The van der Waals surface area contributed by atoms with Gasteiger partial charge in [-0.3, -0.25) is 4.79 Å². The molecule has 0 fully saturated rings. The van der Waals surface area contributed by atoms with E-state index in [1.54, 1.807) is 19.2 Å². The van der Waals surface area contributed by atoms with Crippen molar-refractivity contribution in [3.8, 4) is 0 Å². The van der Waals surface area contributed by atoms with Crippen LogP contribution in [0.25, 0.3) is 0 Å². The molecule has 0 aliphatic heterocycles. The number of nitrogens with zero attached hydrogens (tertiary/aromatic N) is 2. The molecule has 0 saturated carbocycles. The number of ether oxygens (including phenoxy) is 1. The van der Waals surface area contributed by atoms with Crippen molar-refractivity contribution >= 4 is 5.91 Å². The second kappa shape index (κ2) is 12.4. The molecule has 1 atom stereocenters. The summed E-state index contributed by atoms with van der Waals surface area (Å²) < 4.78 is 20.5. The fraction of sp³-hybridized carbons (Fsp3) is 0.542. The molecule has 0 bridgehead atoms. The number of unbranched alkanes of at least 4 members (excludes halogenated alkanes) is 1. The Morgan fingerprint density at radius 1 is 1.17 bits per heavy atom. The molecular weight excluding hydrogens is 367 g/mol. The van der Waals surface area contributed by atoms with Crippen LogP contribution in [0.1, 0.15) is 57.2 Å². The molecular formula is C24H35FN2O2. The molecule has 1 heterocycles. The van der Waals surface area contributed by atoms with Crippen LogP contribution in [-0.4, -0.2) is 35.6 Å². The number of benzene rings is 1. The summed E-state index contributed by atoms with van der Waals surface area (Å²) in [5.74, 6) is 0.0960. The Kier molecular flexibility index (Phi) is 9.92. The minimum absolute atomic E-state index is 0.0815. The Bertz CT molecular complexity index is 727. The third-order valence-electron chi connectivity index (χ3n) is 5.38. The van der Waals surface area contributed by atoms with E-state index in [1.807, 2.05) is 17.2 Å². The van der Waals surface area contributed by atoms with E-state index in [2.05, 4.69) is 24.5 Å². The minimum atomic E-state index is -0.228. The van der Waals surface area contributed by atoms with Crippen molar-refractivity contribution in [2.24, 2.45) is 5.92 Å². The maximum absolute atomic E-state index is 13.2. The third kappa shape index (κ3) is 7.32.